The maximum atomic E-state index is 10.2. The van der Waals surface area contributed by atoms with Gasteiger partial charge in [0.25, 0.3) is 0 Å². The number of nitrogen functional groups attached to an aromatic ring is 1. The van der Waals surface area contributed by atoms with Crippen LogP contribution < -0.4 is 16.2 Å². The van der Waals surface area contributed by atoms with Gasteiger partial charge in [0.15, 0.2) is 0 Å². The van der Waals surface area contributed by atoms with Gasteiger partial charge in [0.05, 0.1) is 0 Å². The smallest absolute Gasteiger partial charge is 0.0415 e. The molecular formula is C11H15N2O2-. The van der Waals surface area contributed by atoms with Crippen LogP contribution in [-0.2, 0) is 4.79 Å². The standard InChI is InChI=1S/C11H16N2O2/c1-8-7-9(12)4-5-10(8)13-6-2-3-11(14)15/h4-5,7,13H,2-3,6,12H2,1H3,(H,14,15)/p-1. The lowest BCUT2D eigenvalue weighted by Crippen LogP contribution is -2.22. The molecule has 0 spiro atoms. The second-order valence-electron chi connectivity index (χ2n) is 3.48. The van der Waals surface area contributed by atoms with Gasteiger partial charge in [-0.05, 0) is 43.5 Å². The summed E-state index contributed by atoms with van der Waals surface area (Å²) in [5, 5.41) is 13.3. The minimum Gasteiger partial charge on any atom is -0.550 e. The molecule has 1 rings (SSSR count). The van der Waals surface area contributed by atoms with E-state index in [-0.39, 0.29) is 6.42 Å². The van der Waals surface area contributed by atoms with Crippen molar-refractivity contribution in [3.8, 4) is 0 Å². The predicted octanol–water partition coefficient (Wildman–Crippen LogP) is 0.519. The Labute approximate surface area is 89.1 Å². The molecule has 0 bridgehead atoms. The van der Waals surface area contributed by atoms with E-state index in [4.69, 9.17) is 5.73 Å². The average Bonchev–Trinajstić information content (AvgIpc) is 2.14. The molecule has 0 unspecified atom stereocenters. The maximum absolute atomic E-state index is 10.2. The van der Waals surface area contributed by atoms with Crippen molar-refractivity contribution < 1.29 is 9.90 Å². The predicted molar refractivity (Wildman–Crippen MR) is 58.3 cm³/mol. The summed E-state index contributed by atoms with van der Waals surface area (Å²) in [6.07, 6.45) is 0.646. The molecule has 4 nitrogen and oxygen atoms in total. The summed E-state index contributed by atoms with van der Waals surface area (Å²) >= 11 is 0. The van der Waals surface area contributed by atoms with Crippen LogP contribution in [-0.4, -0.2) is 12.5 Å². The van der Waals surface area contributed by atoms with E-state index in [0.29, 0.717) is 13.0 Å². The first-order valence-corrected chi connectivity index (χ1v) is 4.89. The van der Waals surface area contributed by atoms with Gasteiger partial charge in [0.2, 0.25) is 0 Å². The van der Waals surface area contributed by atoms with Crippen molar-refractivity contribution in [1.29, 1.82) is 0 Å². The molecule has 4 heteroatoms. The monoisotopic (exact) mass is 207 g/mol. The maximum Gasteiger partial charge on any atom is 0.0415 e. The van der Waals surface area contributed by atoms with Crippen LogP contribution in [0.5, 0.6) is 0 Å². The molecule has 0 aromatic heterocycles. The Morgan fingerprint density at radius 3 is 2.87 bits per heavy atom. The number of hydrogen-bond donors (Lipinski definition) is 2. The topological polar surface area (TPSA) is 78.2 Å². The number of hydrogen-bond acceptors (Lipinski definition) is 4. The van der Waals surface area contributed by atoms with Crippen LogP contribution in [0.2, 0.25) is 0 Å². The highest BCUT2D eigenvalue weighted by Gasteiger charge is 1.97. The van der Waals surface area contributed by atoms with Crippen molar-refractivity contribution in [2.45, 2.75) is 19.8 Å². The Morgan fingerprint density at radius 2 is 2.27 bits per heavy atom. The van der Waals surface area contributed by atoms with Crippen molar-refractivity contribution >= 4 is 17.3 Å². The number of carboxylic acid groups (broad SMARTS) is 1. The van der Waals surface area contributed by atoms with E-state index in [1.165, 1.54) is 0 Å². The van der Waals surface area contributed by atoms with Gasteiger partial charge in [0, 0.05) is 23.9 Å². The van der Waals surface area contributed by atoms with Gasteiger partial charge in [-0.3, -0.25) is 0 Å². The number of carbonyl (C=O) groups excluding carboxylic acids is 1. The van der Waals surface area contributed by atoms with Gasteiger partial charge in [-0.15, -0.1) is 0 Å². The first kappa shape index (κ1) is 11.4. The lowest BCUT2D eigenvalue weighted by Gasteiger charge is -2.10. The van der Waals surface area contributed by atoms with Crippen LogP contribution in [0, 0.1) is 6.92 Å². The highest BCUT2D eigenvalue weighted by molar-refractivity contribution is 5.64. The number of aryl methyl sites for hydroxylation is 1. The molecule has 0 saturated heterocycles. The minimum atomic E-state index is -1.01. The molecule has 0 atom stereocenters. The van der Waals surface area contributed by atoms with Gasteiger partial charge in [0.1, 0.15) is 0 Å². The summed E-state index contributed by atoms with van der Waals surface area (Å²) in [6, 6.07) is 5.58. The van der Waals surface area contributed by atoms with Crippen LogP contribution in [0.15, 0.2) is 18.2 Å². The van der Waals surface area contributed by atoms with Crippen LogP contribution >= 0.6 is 0 Å². The van der Waals surface area contributed by atoms with E-state index in [0.717, 1.165) is 16.9 Å². The van der Waals surface area contributed by atoms with Gasteiger partial charge >= 0.3 is 0 Å². The second kappa shape index (κ2) is 5.24. The van der Waals surface area contributed by atoms with Crippen LogP contribution in [0.1, 0.15) is 18.4 Å². The lowest BCUT2D eigenvalue weighted by atomic mass is 10.2. The van der Waals surface area contributed by atoms with Gasteiger partial charge in [-0.25, -0.2) is 0 Å². The highest BCUT2D eigenvalue weighted by atomic mass is 16.4. The van der Waals surface area contributed by atoms with Gasteiger partial charge in [-0.1, -0.05) is 0 Å². The second-order valence-corrected chi connectivity index (χ2v) is 3.48. The van der Waals surface area contributed by atoms with Gasteiger partial charge in [-0.2, -0.15) is 0 Å². The minimum absolute atomic E-state index is 0.0843. The normalized spacial score (nSPS) is 9.93. The van der Waals surface area contributed by atoms with E-state index >= 15 is 0 Å². The fraction of sp³-hybridized carbons (Fsp3) is 0.364. The largest absolute Gasteiger partial charge is 0.550 e. The zero-order valence-corrected chi connectivity index (χ0v) is 8.75. The van der Waals surface area contributed by atoms with E-state index in [9.17, 15) is 9.90 Å². The van der Waals surface area contributed by atoms with Crippen molar-refractivity contribution in [3.63, 3.8) is 0 Å². The number of carboxylic acids is 1. The highest BCUT2D eigenvalue weighted by Crippen LogP contribution is 2.17. The number of benzene rings is 1. The first-order chi connectivity index (χ1) is 7.09. The fourth-order valence-electron chi connectivity index (χ4n) is 1.34. The Kier molecular flexibility index (Phi) is 3.97. The molecule has 0 amide bonds. The van der Waals surface area contributed by atoms with Crippen LogP contribution in [0.25, 0.3) is 0 Å². The summed E-state index contributed by atoms with van der Waals surface area (Å²) in [6.45, 7) is 2.58. The number of nitrogens with two attached hydrogens (primary N) is 1. The van der Waals surface area contributed by atoms with Crippen molar-refractivity contribution in [3.05, 3.63) is 23.8 Å². The van der Waals surface area contributed by atoms with Crippen LogP contribution in [0.4, 0.5) is 11.4 Å². The molecule has 0 aliphatic heterocycles. The van der Waals surface area contributed by atoms with E-state index in [1.807, 2.05) is 25.1 Å². The molecule has 0 saturated carbocycles. The Hall–Kier alpha value is -1.71. The zero-order chi connectivity index (χ0) is 11.3. The Morgan fingerprint density at radius 1 is 1.53 bits per heavy atom. The summed E-state index contributed by atoms with van der Waals surface area (Å²) < 4.78 is 0. The fourth-order valence-corrected chi connectivity index (χ4v) is 1.34. The van der Waals surface area contributed by atoms with E-state index < -0.39 is 5.97 Å². The first-order valence-electron chi connectivity index (χ1n) is 4.89. The molecule has 0 heterocycles. The number of anilines is 2. The zero-order valence-electron chi connectivity index (χ0n) is 8.75. The molecule has 0 fully saturated rings. The third kappa shape index (κ3) is 3.89. The van der Waals surface area contributed by atoms with E-state index in [2.05, 4.69) is 5.32 Å². The summed E-state index contributed by atoms with van der Waals surface area (Å²) in [5.74, 6) is -1.01. The van der Waals surface area contributed by atoms with Gasteiger partial charge < -0.3 is 21.0 Å². The van der Waals surface area contributed by atoms with Crippen molar-refractivity contribution in [2.24, 2.45) is 0 Å². The van der Waals surface area contributed by atoms with Crippen LogP contribution in [0.3, 0.4) is 0 Å². The Bertz CT molecular complexity index is 350. The molecule has 0 radical (unpaired) electrons. The molecule has 15 heavy (non-hydrogen) atoms. The average molecular weight is 207 g/mol. The molecule has 0 aliphatic rings. The molecule has 1 aromatic rings. The third-order valence-corrected chi connectivity index (χ3v) is 2.12. The van der Waals surface area contributed by atoms with Crippen molar-refractivity contribution in [1.82, 2.24) is 0 Å². The molecule has 0 aliphatic carbocycles. The summed E-state index contributed by atoms with van der Waals surface area (Å²) in [4.78, 5) is 10.2. The molecule has 82 valence electrons. The number of carbonyl (C=O) groups is 1. The number of aliphatic carboxylic acids is 1. The molecule has 3 N–H and O–H groups in total. The third-order valence-electron chi connectivity index (χ3n) is 2.12. The lowest BCUT2D eigenvalue weighted by molar-refractivity contribution is -0.305. The summed E-state index contributed by atoms with van der Waals surface area (Å²) in [5.41, 5.74) is 8.38. The molecular weight excluding hydrogens is 192 g/mol. The summed E-state index contributed by atoms with van der Waals surface area (Å²) in [7, 11) is 0. The van der Waals surface area contributed by atoms with E-state index in [1.54, 1.807) is 0 Å². The Balaban J connectivity index is 2.40. The SMILES string of the molecule is Cc1cc(N)ccc1NCCCC(=O)[O-]. The quantitative estimate of drug-likeness (QED) is 0.545. The molecule has 1 aromatic carbocycles. The number of rotatable bonds is 5. The van der Waals surface area contributed by atoms with Crippen molar-refractivity contribution in [2.75, 3.05) is 17.6 Å². The number of nitrogens with one attached hydrogen (secondary N) is 1.